The summed E-state index contributed by atoms with van der Waals surface area (Å²) in [6, 6.07) is 24.8. The van der Waals surface area contributed by atoms with Crippen LogP contribution in [0.5, 0.6) is 5.75 Å². The van der Waals surface area contributed by atoms with Crippen molar-refractivity contribution in [2.45, 2.75) is 96.8 Å². The van der Waals surface area contributed by atoms with Gasteiger partial charge < -0.3 is 10.1 Å². The first-order valence-electron chi connectivity index (χ1n) is 16.3. The average molecular weight is 566 g/mol. The number of esters is 1. The Hall–Kier alpha value is -3.40. The Bertz CT molecular complexity index is 1300. The molecule has 0 radical (unpaired) electrons. The van der Waals surface area contributed by atoms with Crippen molar-refractivity contribution in [3.8, 4) is 16.9 Å². The first-order valence-corrected chi connectivity index (χ1v) is 16.3. The molecule has 2 saturated carbocycles. The Kier molecular flexibility index (Phi) is 10.5. The number of anilines is 1. The highest BCUT2D eigenvalue weighted by Crippen LogP contribution is 2.38. The molecule has 2 aliphatic carbocycles. The molecule has 0 aliphatic heterocycles. The van der Waals surface area contributed by atoms with E-state index in [1.165, 1.54) is 62.5 Å². The molecule has 0 unspecified atom stereocenters. The Morgan fingerprint density at radius 3 is 2.05 bits per heavy atom. The maximum Gasteiger partial charge on any atom is 0.314 e. The SMILES string of the molecule is CCCCCC1CCC(c2ccc(-c3ccc(OC(=O)C4CCC(C(=O)Nc5cccc(C)c5)CC4)cc3)cc2)CC1. The smallest absolute Gasteiger partial charge is 0.314 e. The van der Waals surface area contributed by atoms with Crippen LogP contribution in [0.2, 0.25) is 0 Å². The molecule has 1 N–H and O–H groups in total. The standard InChI is InChI=1S/C38H47NO3/c1-3-4-5-8-28-10-12-29(13-11-28)30-14-16-31(17-15-30)32-22-24-36(25-23-32)42-38(41)34-20-18-33(19-21-34)37(40)39-35-9-6-7-27(2)26-35/h6-7,9,14-17,22-26,28-29,33-34H,3-5,8,10-13,18-21H2,1-2H3,(H,39,40). The van der Waals surface area contributed by atoms with Crippen molar-refractivity contribution in [2.24, 2.45) is 17.8 Å². The number of amides is 1. The molecule has 0 saturated heterocycles. The van der Waals surface area contributed by atoms with E-state index in [1.807, 2.05) is 55.5 Å². The lowest BCUT2D eigenvalue weighted by atomic mass is 9.77. The van der Waals surface area contributed by atoms with Gasteiger partial charge in [-0.1, -0.05) is 81.1 Å². The number of ether oxygens (including phenoxy) is 1. The summed E-state index contributed by atoms with van der Waals surface area (Å²) in [5.74, 6) is 1.84. The zero-order valence-electron chi connectivity index (χ0n) is 25.4. The second kappa shape index (κ2) is 14.7. The van der Waals surface area contributed by atoms with Gasteiger partial charge in [-0.25, -0.2) is 0 Å². The van der Waals surface area contributed by atoms with Gasteiger partial charge in [0.25, 0.3) is 0 Å². The molecule has 3 aromatic rings. The fourth-order valence-electron chi connectivity index (χ4n) is 6.89. The fraction of sp³-hybridized carbons (Fsp3) is 0.474. The van der Waals surface area contributed by atoms with Crippen LogP contribution in [0.3, 0.4) is 0 Å². The van der Waals surface area contributed by atoms with E-state index in [0.29, 0.717) is 37.4 Å². The second-order valence-corrected chi connectivity index (χ2v) is 12.7. The minimum atomic E-state index is -0.190. The summed E-state index contributed by atoms with van der Waals surface area (Å²) in [7, 11) is 0. The van der Waals surface area contributed by atoms with Crippen LogP contribution in [0, 0.1) is 24.7 Å². The summed E-state index contributed by atoms with van der Waals surface area (Å²) in [4.78, 5) is 25.6. The maximum absolute atomic E-state index is 12.9. The van der Waals surface area contributed by atoms with Crippen LogP contribution < -0.4 is 10.1 Å². The second-order valence-electron chi connectivity index (χ2n) is 12.7. The van der Waals surface area contributed by atoms with Gasteiger partial charge in [0, 0.05) is 11.6 Å². The third-order valence-corrected chi connectivity index (χ3v) is 9.57. The summed E-state index contributed by atoms with van der Waals surface area (Å²) >= 11 is 0. The van der Waals surface area contributed by atoms with Gasteiger partial charge in [-0.15, -0.1) is 0 Å². The number of carbonyl (C=O) groups excluding carboxylic acids is 2. The van der Waals surface area contributed by atoms with E-state index in [1.54, 1.807) is 0 Å². The Labute approximate surface area is 252 Å². The first kappa shape index (κ1) is 30.1. The quantitative estimate of drug-likeness (QED) is 0.151. The molecule has 1 amide bonds. The Balaban J connectivity index is 1.07. The molecule has 42 heavy (non-hydrogen) atoms. The molecular formula is C38H47NO3. The van der Waals surface area contributed by atoms with Crippen molar-refractivity contribution >= 4 is 17.6 Å². The van der Waals surface area contributed by atoms with Crippen molar-refractivity contribution in [1.82, 2.24) is 0 Å². The Morgan fingerprint density at radius 1 is 0.762 bits per heavy atom. The number of rotatable bonds is 10. The summed E-state index contributed by atoms with van der Waals surface area (Å²) in [6.07, 6.45) is 13.6. The third-order valence-electron chi connectivity index (χ3n) is 9.57. The van der Waals surface area contributed by atoms with Crippen molar-refractivity contribution < 1.29 is 14.3 Å². The molecule has 4 heteroatoms. The number of aryl methyl sites for hydroxylation is 1. The normalized spacial score (nSPS) is 22.3. The van der Waals surface area contributed by atoms with Crippen LogP contribution in [0.15, 0.2) is 72.8 Å². The van der Waals surface area contributed by atoms with Crippen LogP contribution in [0.25, 0.3) is 11.1 Å². The van der Waals surface area contributed by atoms with E-state index in [9.17, 15) is 9.59 Å². The van der Waals surface area contributed by atoms with Gasteiger partial charge in [0.1, 0.15) is 5.75 Å². The van der Waals surface area contributed by atoms with E-state index in [4.69, 9.17) is 4.74 Å². The molecule has 0 bridgehead atoms. The van der Waals surface area contributed by atoms with Crippen molar-refractivity contribution in [3.05, 3.63) is 83.9 Å². The predicted molar refractivity (Wildman–Crippen MR) is 172 cm³/mol. The molecule has 2 aliphatic rings. The first-order chi connectivity index (χ1) is 20.5. The predicted octanol–water partition coefficient (Wildman–Crippen LogP) is 9.87. The molecule has 222 valence electrons. The van der Waals surface area contributed by atoms with Crippen molar-refractivity contribution in [2.75, 3.05) is 5.32 Å². The van der Waals surface area contributed by atoms with Gasteiger partial charge in [-0.3, -0.25) is 9.59 Å². The molecule has 0 spiro atoms. The summed E-state index contributed by atoms with van der Waals surface area (Å²) in [5.41, 5.74) is 5.73. The molecule has 4 nitrogen and oxygen atoms in total. The lowest BCUT2D eigenvalue weighted by Crippen LogP contribution is -2.31. The number of carbonyl (C=O) groups is 2. The van der Waals surface area contributed by atoms with E-state index in [2.05, 4.69) is 36.5 Å². The van der Waals surface area contributed by atoms with Gasteiger partial charge in [0.05, 0.1) is 5.92 Å². The summed E-state index contributed by atoms with van der Waals surface area (Å²) in [6.45, 7) is 4.30. The van der Waals surface area contributed by atoms with E-state index < -0.39 is 0 Å². The monoisotopic (exact) mass is 565 g/mol. The van der Waals surface area contributed by atoms with Crippen LogP contribution in [0.1, 0.15) is 101 Å². The molecule has 3 aromatic carbocycles. The van der Waals surface area contributed by atoms with Crippen LogP contribution >= 0.6 is 0 Å². The number of hydrogen-bond acceptors (Lipinski definition) is 3. The highest BCUT2D eigenvalue weighted by atomic mass is 16.5. The molecule has 0 aromatic heterocycles. The van der Waals surface area contributed by atoms with Gasteiger partial charge >= 0.3 is 5.97 Å². The van der Waals surface area contributed by atoms with E-state index in [-0.39, 0.29) is 23.7 Å². The zero-order valence-corrected chi connectivity index (χ0v) is 25.4. The minimum Gasteiger partial charge on any atom is -0.426 e. The molecule has 0 atom stereocenters. The van der Waals surface area contributed by atoms with Crippen LogP contribution in [0.4, 0.5) is 5.69 Å². The van der Waals surface area contributed by atoms with Gasteiger partial charge in [0.2, 0.25) is 5.91 Å². The summed E-state index contributed by atoms with van der Waals surface area (Å²) < 4.78 is 5.75. The molecule has 5 rings (SSSR count). The number of nitrogens with one attached hydrogen (secondary N) is 1. The number of benzene rings is 3. The Morgan fingerprint density at radius 2 is 1.40 bits per heavy atom. The van der Waals surface area contributed by atoms with Crippen LogP contribution in [-0.4, -0.2) is 11.9 Å². The third kappa shape index (κ3) is 8.12. The summed E-state index contributed by atoms with van der Waals surface area (Å²) in [5, 5.41) is 3.03. The lowest BCUT2D eigenvalue weighted by Gasteiger charge is -2.29. The lowest BCUT2D eigenvalue weighted by molar-refractivity contribution is -0.141. The van der Waals surface area contributed by atoms with Crippen LogP contribution in [-0.2, 0) is 9.59 Å². The minimum absolute atomic E-state index is 0.0428. The van der Waals surface area contributed by atoms with Crippen molar-refractivity contribution in [3.63, 3.8) is 0 Å². The average Bonchev–Trinajstić information content (AvgIpc) is 3.02. The molecule has 0 heterocycles. The van der Waals surface area contributed by atoms with Gasteiger partial charge in [0.15, 0.2) is 0 Å². The fourth-order valence-corrected chi connectivity index (χ4v) is 6.89. The number of hydrogen-bond donors (Lipinski definition) is 1. The topological polar surface area (TPSA) is 55.4 Å². The maximum atomic E-state index is 12.9. The van der Waals surface area contributed by atoms with Crippen molar-refractivity contribution in [1.29, 1.82) is 0 Å². The number of unbranched alkanes of at least 4 members (excludes halogenated alkanes) is 2. The van der Waals surface area contributed by atoms with E-state index >= 15 is 0 Å². The van der Waals surface area contributed by atoms with E-state index in [0.717, 1.165) is 22.7 Å². The zero-order chi connectivity index (χ0) is 29.3. The molecule has 2 fully saturated rings. The van der Waals surface area contributed by atoms with Gasteiger partial charge in [-0.2, -0.15) is 0 Å². The largest absolute Gasteiger partial charge is 0.426 e. The van der Waals surface area contributed by atoms with Gasteiger partial charge in [-0.05, 0) is 117 Å². The highest BCUT2D eigenvalue weighted by Gasteiger charge is 2.31. The molecular weight excluding hydrogens is 518 g/mol. The highest BCUT2D eigenvalue weighted by molar-refractivity contribution is 5.92.